The number of nitrogens with zero attached hydrogens (tertiary/aromatic N) is 1. The van der Waals surface area contributed by atoms with E-state index in [1.807, 2.05) is 48.5 Å². The third kappa shape index (κ3) is 4.73. The van der Waals surface area contributed by atoms with E-state index in [0.29, 0.717) is 4.90 Å². The van der Waals surface area contributed by atoms with E-state index in [0.717, 1.165) is 22.3 Å². The summed E-state index contributed by atoms with van der Waals surface area (Å²) in [5.41, 5.74) is 3.16. The Hall–Kier alpha value is -3.49. The van der Waals surface area contributed by atoms with Crippen molar-refractivity contribution in [3.63, 3.8) is 0 Å². The van der Waals surface area contributed by atoms with Gasteiger partial charge in [0.05, 0.1) is 6.54 Å². The molecule has 180 valence electrons. The topological polar surface area (TPSA) is 95.9 Å². The Morgan fingerprint density at radius 2 is 1.65 bits per heavy atom. The van der Waals surface area contributed by atoms with Crippen molar-refractivity contribution >= 4 is 18.0 Å². The highest BCUT2D eigenvalue weighted by Crippen LogP contribution is 2.44. The molecule has 7 nitrogen and oxygen atoms in total. The first-order chi connectivity index (χ1) is 16.0. The Labute approximate surface area is 195 Å². The zero-order valence-electron chi connectivity index (χ0n) is 18.9. The number of likely N-dealkylation sites (tertiary alicyclic amines) is 1. The molecule has 2 aromatic rings. The number of benzene rings is 2. The van der Waals surface area contributed by atoms with Crippen LogP contribution < -0.4 is 5.32 Å². The smallest absolute Gasteiger partial charge is 0.407 e. The summed E-state index contributed by atoms with van der Waals surface area (Å²) in [5, 5.41) is 11.8. The van der Waals surface area contributed by atoms with E-state index in [4.69, 9.17) is 4.74 Å². The zero-order chi connectivity index (χ0) is 24.7. The molecule has 9 heteroatoms. The molecule has 1 saturated heterocycles. The summed E-state index contributed by atoms with van der Waals surface area (Å²) in [6.45, 7) is 2.24. The van der Waals surface area contributed by atoms with Crippen LogP contribution in [0, 0.1) is 0 Å². The highest BCUT2D eigenvalue weighted by molar-refractivity contribution is 5.85. The number of hydrogen-bond acceptors (Lipinski definition) is 4. The van der Waals surface area contributed by atoms with E-state index in [1.54, 1.807) is 13.8 Å². The standard InChI is InChI=1S/C25H26F2N2O5/c1-24(2,12-21(30)29-14-25(26,27)11-20(29)22(31)32)28-23(33)34-13-19-17-9-5-3-7-15(17)16-8-4-6-10-18(16)19/h3-10,19-20H,11-14H2,1-2H3,(H,28,33)(H,31,32). The number of rotatable bonds is 6. The average molecular weight is 472 g/mol. The number of carboxylic acid groups (broad SMARTS) is 1. The molecule has 1 aliphatic heterocycles. The molecular weight excluding hydrogens is 446 g/mol. The summed E-state index contributed by atoms with van der Waals surface area (Å²) in [4.78, 5) is 37.2. The number of alkyl carbamates (subject to hydrolysis) is 1. The highest BCUT2D eigenvalue weighted by atomic mass is 19.3. The van der Waals surface area contributed by atoms with Gasteiger partial charge >= 0.3 is 12.1 Å². The van der Waals surface area contributed by atoms with Crippen LogP contribution in [0.1, 0.15) is 43.7 Å². The lowest BCUT2D eigenvalue weighted by molar-refractivity contribution is -0.148. The average Bonchev–Trinajstić information content (AvgIpc) is 3.26. The predicted octanol–water partition coefficient (Wildman–Crippen LogP) is 4.01. The SMILES string of the molecule is CC(C)(CC(=O)N1CC(F)(F)CC1C(=O)O)NC(=O)OCC1c2ccccc2-c2ccccc21. The van der Waals surface area contributed by atoms with Crippen molar-refractivity contribution in [1.29, 1.82) is 0 Å². The molecule has 4 rings (SSSR count). The predicted molar refractivity (Wildman–Crippen MR) is 120 cm³/mol. The number of aliphatic carboxylic acids is 1. The van der Waals surface area contributed by atoms with Gasteiger partial charge in [-0.15, -0.1) is 0 Å². The fraction of sp³-hybridized carbons (Fsp3) is 0.400. The molecule has 0 saturated carbocycles. The van der Waals surface area contributed by atoms with Gasteiger partial charge in [0, 0.05) is 24.3 Å². The Kier molecular flexibility index (Phi) is 6.05. The monoisotopic (exact) mass is 472 g/mol. The molecule has 1 atom stereocenters. The van der Waals surface area contributed by atoms with Gasteiger partial charge in [0.2, 0.25) is 5.91 Å². The number of carbonyl (C=O) groups excluding carboxylic acids is 2. The van der Waals surface area contributed by atoms with Crippen LogP contribution in [0.2, 0.25) is 0 Å². The van der Waals surface area contributed by atoms with Crippen LogP contribution in [0.15, 0.2) is 48.5 Å². The summed E-state index contributed by atoms with van der Waals surface area (Å²) in [7, 11) is 0. The second kappa shape index (κ2) is 8.70. The molecule has 0 radical (unpaired) electrons. The van der Waals surface area contributed by atoms with Gasteiger partial charge in [0.25, 0.3) is 5.92 Å². The molecule has 0 spiro atoms. The van der Waals surface area contributed by atoms with Crippen LogP contribution in [-0.4, -0.2) is 58.6 Å². The molecule has 34 heavy (non-hydrogen) atoms. The lowest BCUT2D eigenvalue weighted by Gasteiger charge is -2.29. The Bertz CT molecular complexity index is 1090. The van der Waals surface area contributed by atoms with Crippen molar-refractivity contribution < 1.29 is 33.0 Å². The van der Waals surface area contributed by atoms with Crippen LogP contribution in [0.5, 0.6) is 0 Å². The third-order valence-corrected chi connectivity index (χ3v) is 6.25. The number of fused-ring (bicyclic) bond motifs is 3. The lowest BCUT2D eigenvalue weighted by Crippen LogP contribution is -2.49. The number of alkyl halides is 2. The van der Waals surface area contributed by atoms with Gasteiger partial charge < -0.3 is 20.1 Å². The minimum Gasteiger partial charge on any atom is -0.480 e. The second-order valence-electron chi connectivity index (χ2n) is 9.45. The van der Waals surface area contributed by atoms with Gasteiger partial charge in [-0.25, -0.2) is 18.4 Å². The number of carbonyl (C=O) groups is 3. The Morgan fingerprint density at radius 1 is 1.09 bits per heavy atom. The van der Waals surface area contributed by atoms with Gasteiger partial charge in [0.1, 0.15) is 12.6 Å². The molecule has 2 aliphatic rings. The number of ether oxygens (including phenoxy) is 1. The maximum atomic E-state index is 13.7. The molecule has 2 N–H and O–H groups in total. The highest BCUT2D eigenvalue weighted by Gasteiger charge is 2.50. The Balaban J connectivity index is 1.38. The molecule has 0 aromatic heterocycles. The summed E-state index contributed by atoms with van der Waals surface area (Å²) >= 11 is 0. The van der Waals surface area contributed by atoms with Crippen LogP contribution >= 0.6 is 0 Å². The van der Waals surface area contributed by atoms with Gasteiger partial charge in [0.15, 0.2) is 0 Å². The largest absolute Gasteiger partial charge is 0.480 e. The normalized spacial score (nSPS) is 18.8. The van der Waals surface area contributed by atoms with Crippen molar-refractivity contribution in [3.8, 4) is 11.1 Å². The first-order valence-corrected chi connectivity index (χ1v) is 11.0. The minimum atomic E-state index is -3.26. The molecule has 2 aromatic carbocycles. The van der Waals surface area contributed by atoms with E-state index in [9.17, 15) is 28.3 Å². The van der Waals surface area contributed by atoms with Gasteiger partial charge in [-0.05, 0) is 36.1 Å². The van der Waals surface area contributed by atoms with E-state index in [-0.39, 0.29) is 18.9 Å². The van der Waals surface area contributed by atoms with Crippen molar-refractivity contribution in [1.82, 2.24) is 10.2 Å². The third-order valence-electron chi connectivity index (χ3n) is 6.25. The van der Waals surface area contributed by atoms with E-state index in [1.165, 1.54) is 0 Å². The van der Waals surface area contributed by atoms with E-state index >= 15 is 0 Å². The summed E-state index contributed by atoms with van der Waals surface area (Å²) in [6.07, 6.45) is -2.02. The maximum Gasteiger partial charge on any atom is 0.407 e. The van der Waals surface area contributed by atoms with Crippen LogP contribution in [0.4, 0.5) is 13.6 Å². The molecule has 2 amide bonds. The van der Waals surface area contributed by atoms with Gasteiger partial charge in [-0.1, -0.05) is 48.5 Å². The quantitative estimate of drug-likeness (QED) is 0.662. The summed E-state index contributed by atoms with van der Waals surface area (Å²) in [5.74, 6) is -5.64. The van der Waals surface area contributed by atoms with Crippen molar-refractivity contribution in [3.05, 3.63) is 59.7 Å². The number of carboxylic acids is 1. The molecule has 1 heterocycles. The molecule has 1 aliphatic carbocycles. The van der Waals surface area contributed by atoms with Crippen molar-refractivity contribution in [2.45, 2.75) is 50.1 Å². The fourth-order valence-electron chi connectivity index (χ4n) is 4.73. The zero-order valence-corrected chi connectivity index (χ0v) is 18.9. The van der Waals surface area contributed by atoms with E-state index < -0.39 is 48.4 Å². The fourth-order valence-corrected chi connectivity index (χ4v) is 4.73. The first kappa shape index (κ1) is 23.7. The molecular formula is C25H26F2N2O5. The lowest BCUT2D eigenvalue weighted by atomic mass is 9.98. The van der Waals surface area contributed by atoms with Gasteiger partial charge in [-0.3, -0.25) is 4.79 Å². The van der Waals surface area contributed by atoms with Crippen LogP contribution in [0.3, 0.4) is 0 Å². The number of hydrogen-bond donors (Lipinski definition) is 2. The number of nitrogens with one attached hydrogen (secondary N) is 1. The van der Waals surface area contributed by atoms with Gasteiger partial charge in [-0.2, -0.15) is 0 Å². The van der Waals surface area contributed by atoms with Crippen LogP contribution in [0.25, 0.3) is 11.1 Å². The second-order valence-corrected chi connectivity index (χ2v) is 9.45. The number of amides is 2. The summed E-state index contributed by atoms with van der Waals surface area (Å²) < 4.78 is 32.9. The first-order valence-electron chi connectivity index (χ1n) is 11.0. The molecule has 1 fully saturated rings. The van der Waals surface area contributed by atoms with Crippen molar-refractivity contribution in [2.75, 3.05) is 13.2 Å². The molecule has 1 unspecified atom stereocenters. The van der Waals surface area contributed by atoms with E-state index in [2.05, 4.69) is 5.32 Å². The summed E-state index contributed by atoms with van der Waals surface area (Å²) in [6, 6.07) is 14.2. The maximum absolute atomic E-state index is 13.7. The Morgan fingerprint density at radius 3 is 2.21 bits per heavy atom. The number of halogens is 2. The minimum absolute atomic E-state index is 0.0866. The van der Waals surface area contributed by atoms with Crippen molar-refractivity contribution in [2.24, 2.45) is 0 Å². The molecule has 0 bridgehead atoms. The van der Waals surface area contributed by atoms with Crippen LogP contribution in [-0.2, 0) is 14.3 Å².